The van der Waals surface area contributed by atoms with E-state index in [0.717, 1.165) is 77.0 Å². The van der Waals surface area contributed by atoms with Gasteiger partial charge in [-0.3, -0.25) is 9.59 Å². The third-order valence-corrected chi connectivity index (χ3v) is 14.7. The molecule has 2 aliphatic rings. The van der Waals surface area contributed by atoms with Crippen molar-refractivity contribution in [3.8, 4) is 0 Å². The molecule has 2 heterocycles. The van der Waals surface area contributed by atoms with Crippen molar-refractivity contribution in [3.63, 3.8) is 0 Å². The highest BCUT2D eigenvalue weighted by atomic mass is 16.6. The van der Waals surface area contributed by atoms with Crippen LogP contribution in [0.3, 0.4) is 0 Å². The summed E-state index contributed by atoms with van der Waals surface area (Å²) in [5, 5.41) is 8.84. The summed E-state index contributed by atoms with van der Waals surface area (Å²) in [4.78, 5) is 27.8. The summed E-state index contributed by atoms with van der Waals surface area (Å²) in [5.74, 6) is -0.420. The smallest absolute Gasteiger partial charge is 0.306 e. The van der Waals surface area contributed by atoms with Gasteiger partial charge < -0.3 is 20.1 Å². The van der Waals surface area contributed by atoms with Crippen LogP contribution < -0.4 is 10.6 Å². The van der Waals surface area contributed by atoms with E-state index < -0.39 is 0 Å². The minimum Gasteiger partial charge on any atom is -0.462 e. The van der Waals surface area contributed by atoms with Gasteiger partial charge in [-0.2, -0.15) is 0 Å². The molecule has 0 aliphatic carbocycles. The summed E-state index contributed by atoms with van der Waals surface area (Å²) in [5.41, 5.74) is 0.00566. The van der Waals surface area contributed by atoms with Crippen LogP contribution in [0.1, 0.15) is 299 Å². The highest BCUT2D eigenvalue weighted by Gasteiger charge is 2.49. The molecule has 354 valence electrons. The average molecular weight is 845 g/mol. The number of hydrogen-bond donors (Lipinski definition) is 2. The van der Waals surface area contributed by atoms with Crippen LogP contribution in [0, 0.1) is 0 Å². The molecule has 0 aromatic rings. The molecule has 0 aromatic heterocycles. The first-order valence-electron chi connectivity index (χ1n) is 27.0. The van der Waals surface area contributed by atoms with Crippen molar-refractivity contribution in [2.24, 2.45) is 0 Å². The second kappa shape index (κ2) is 31.7. The quantitative estimate of drug-likeness (QED) is 0.0479. The van der Waals surface area contributed by atoms with Crippen LogP contribution in [0.15, 0.2) is 0 Å². The molecule has 2 aliphatic heterocycles. The van der Waals surface area contributed by atoms with Crippen LogP contribution in [0.5, 0.6) is 0 Å². The largest absolute Gasteiger partial charge is 0.462 e. The molecule has 0 aromatic carbocycles. The number of carbonyl (C=O) groups excluding carboxylic acids is 2. The topological polar surface area (TPSA) is 76.7 Å². The summed E-state index contributed by atoms with van der Waals surface area (Å²) in [7, 11) is 0. The zero-order chi connectivity index (χ0) is 44.0. The van der Waals surface area contributed by atoms with Crippen molar-refractivity contribution >= 4 is 11.9 Å². The first-order valence-corrected chi connectivity index (χ1v) is 27.0. The third-order valence-electron chi connectivity index (χ3n) is 14.7. The zero-order valence-corrected chi connectivity index (χ0v) is 41.7. The molecule has 0 saturated carbocycles. The summed E-state index contributed by atoms with van der Waals surface area (Å²) >= 11 is 0. The first-order chi connectivity index (χ1) is 29.1. The fourth-order valence-corrected chi connectivity index (χ4v) is 11.6. The summed E-state index contributed by atoms with van der Waals surface area (Å²) < 4.78 is 13.1. The first kappa shape index (κ1) is 55.0. The van der Waals surface area contributed by atoms with Crippen LogP contribution in [0.4, 0.5) is 0 Å². The van der Waals surface area contributed by atoms with Crippen molar-refractivity contribution in [1.29, 1.82) is 0 Å². The number of nitrogens with one attached hydrogen (secondary N) is 2. The second-order valence-electron chi connectivity index (χ2n) is 20.6. The van der Waals surface area contributed by atoms with Crippen LogP contribution in [-0.4, -0.2) is 46.3 Å². The van der Waals surface area contributed by atoms with Crippen molar-refractivity contribution in [1.82, 2.24) is 10.6 Å². The number of rotatable bonds is 37. The fraction of sp³-hybridized carbons (Fsp3) is 0.963. The Morgan fingerprint density at radius 1 is 0.350 bits per heavy atom. The third kappa shape index (κ3) is 21.0. The molecule has 0 unspecified atom stereocenters. The number of piperidine rings is 2. The predicted octanol–water partition coefficient (Wildman–Crippen LogP) is 16.0. The van der Waals surface area contributed by atoms with Gasteiger partial charge in [-0.15, -0.1) is 0 Å². The highest BCUT2D eigenvalue weighted by Crippen LogP contribution is 2.44. The van der Waals surface area contributed by atoms with E-state index in [2.05, 4.69) is 66.0 Å². The van der Waals surface area contributed by atoms with Crippen LogP contribution in [0.25, 0.3) is 0 Å². The number of esters is 2. The van der Waals surface area contributed by atoms with Gasteiger partial charge in [0.05, 0.1) is 12.8 Å². The fourth-order valence-electron chi connectivity index (χ4n) is 11.6. The Balaban J connectivity index is 2.32. The zero-order valence-electron chi connectivity index (χ0n) is 41.7. The molecule has 0 atom stereocenters. The molecule has 6 nitrogen and oxygen atoms in total. The van der Waals surface area contributed by atoms with Gasteiger partial charge in [0.1, 0.15) is 12.2 Å². The summed E-state index contributed by atoms with van der Waals surface area (Å²) in [6, 6.07) is 0. The molecule has 2 fully saturated rings. The monoisotopic (exact) mass is 845 g/mol. The lowest BCUT2D eigenvalue weighted by Gasteiger charge is -2.53. The van der Waals surface area contributed by atoms with Crippen molar-refractivity contribution < 1.29 is 19.1 Å². The molecule has 6 heteroatoms. The Kier molecular flexibility index (Phi) is 29.0. The maximum atomic E-state index is 13.9. The highest BCUT2D eigenvalue weighted by molar-refractivity contribution is 5.77. The molecular weight excluding hydrogens is 741 g/mol. The van der Waals surface area contributed by atoms with Crippen LogP contribution in [0.2, 0.25) is 0 Å². The van der Waals surface area contributed by atoms with Gasteiger partial charge in [0.2, 0.25) is 0 Å². The lowest BCUT2D eigenvalue weighted by atomic mass is 9.69. The summed E-state index contributed by atoms with van der Waals surface area (Å²) in [6.07, 6.45) is 42.3. The van der Waals surface area contributed by atoms with E-state index in [1.165, 1.54) is 154 Å². The van der Waals surface area contributed by atoms with Crippen LogP contribution >= 0.6 is 0 Å². The Morgan fingerprint density at radius 2 is 0.533 bits per heavy atom. The lowest BCUT2D eigenvalue weighted by Crippen LogP contribution is -2.65. The van der Waals surface area contributed by atoms with E-state index >= 15 is 0 Å². The second-order valence-corrected chi connectivity index (χ2v) is 20.6. The van der Waals surface area contributed by atoms with Crippen LogP contribution in [-0.2, 0) is 19.1 Å². The molecule has 2 rings (SSSR count). The molecule has 60 heavy (non-hydrogen) atoms. The van der Waals surface area contributed by atoms with Gasteiger partial charge in [0.15, 0.2) is 0 Å². The minimum atomic E-state index is -0.210. The van der Waals surface area contributed by atoms with Crippen molar-refractivity contribution in [2.45, 2.75) is 334 Å². The Labute approximate surface area is 374 Å². The summed E-state index contributed by atoms with van der Waals surface area (Å²) in [6.45, 7) is 18.4. The van der Waals surface area contributed by atoms with E-state index in [0.29, 0.717) is 0 Å². The molecule has 0 radical (unpaired) electrons. The normalized spacial score (nSPS) is 18.7. The van der Waals surface area contributed by atoms with E-state index in [1.807, 2.05) is 0 Å². The number of hydrogen-bond acceptors (Lipinski definition) is 6. The standard InChI is InChI=1S/C54H104N2O4/c1-9-17-25-35-51(36-26-18-10-2)43-47(44-52(55-51,37-27-19-11-3)38-28-20-12-4)59-49(57)33-34-50(58)60-48-45-53(39-29-21-13-5,40-30-22-14-6)56-54(46-48,41-31-23-15-7)42-32-24-16-8/h47-48,55-56H,9-46H2,1-8H3. The molecular formula is C54H104N2O4. The molecule has 2 N–H and O–H groups in total. The van der Waals surface area contributed by atoms with Gasteiger partial charge in [-0.05, 0) is 51.4 Å². The van der Waals surface area contributed by atoms with Gasteiger partial charge in [0, 0.05) is 47.8 Å². The Hall–Kier alpha value is -1.14. The van der Waals surface area contributed by atoms with Gasteiger partial charge in [-0.25, -0.2) is 0 Å². The minimum absolute atomic E-state index is 0.00141. The van der Waals surface area contributed by atoms with Gasteiger partial charge in [-0.1, -0.05) is 209 Å². The van der Waals surface area contributed by atoms with Crippen molar-refractivity contribution in [3.05, 3.63) is 0 Å². The predicted molar refractivity (Wildman–Crippen MR) is 258 cm³/mol. The Bertz CT molecular complexity index is 904. The van der Waals surface area contributed by atoms with Gasteiger partial charge >= 0.3 is 11.9 Å². The number of unbranched alkanes of at least 4 members (excludes halogenated alkanes) is 16. The van der Waals surface area contributed by atoms with E-state index in [-0.39, 0.29) is 59.1 Å². The van der Waals surface area contributed by atoms with E-state index in [1.54, 1.807) is 0 Å². The molecule has 2 saturated heterocycles. The molecule has 0 bridgehead atoms. The average Bonchev–Trinajstić information content (AvgIpc) is 3.21. The maximum Gasteiger partial charge on any atom is 0.306 e. The van der Waals surface area contributed by atoms with Gasteiger partial charge in [0.25, 0.3) is 0 Å². The molecule has 0 spiro atoms. The lowest BCUT2D eigenvalue weighted by molar-refractivity contribution is -0.162. The van der Waals surface area contributed by atoms with E-state index in [4.69, 9.17) is 9.47 Å². The van der Waals surface area contributed by atoms with E-state index in [9.17, 15) is 9.59 Å². The SMILES string of the molecule is CCCCCC1(CCCCC)CC(OC(=O)CCC(=O)OC2CC(CCCCC)(CCCCC)NC(CCCCC)(CCCCC)C2)CC(CCCCC)(CCCCC)N1. The number of ether oxygens (including phenoxy) is 2. The van der Waals surface area contributed by atoms with Crippen molar-refractivity contribution in [2.75, 3.05) is 0 Å². The maximum absolute atomic E-state index is 13.9. The molecule has 0 amide bonds. The Morgan fingerprint density at radius 3 is 0.700 bits per heavy atom. The number of carbonyl (C=O) groups is 2.